The summed E-state index contributed by atoms with van der Waals surface area (Å²) in [6.45, 7) is 0. The summed E-state index contributed by atoms with van der Waals surface area (Å²) in [7, 11) is 0. The number of hydrogen-bond acceptors (Lipinski definition) is 2. The van der Waals surface area contributed by atoms with Gasteiger partial charge in [0.25, 0.3) is 0 Å². The zero-order chi connectivity index (χ0) is 9.97. The molecule has 0 atom stereocenters. The number of nitrogens with zero attached hydrogens (tertiary/aromatic N) is 1. The number of aromatic nitrogens is 1. The normalized spacial score (nSPS) is 10.1. The molecule has 14 heavy (non-hydrogen) atoms. The van der Waals surface area contributed by atoms with Crippen LogP contribution in [0.2, 0.25) is 5.02 Å². The smallest absolute Gasteiger partial charge is 0.116 e. The van der Waals surface area contributed by atoms with Crippen LogP contribution < -0.4 is 0 Å². The molecule has 2 aromatic rings. The van der Waals surface area contributed by atoms with Crippen molar-refractivity contribution < 1.29 is 5.11 Å². The van der Waals surface area contributed by atoms with Crippen LogP contribution in [0.5, 0.6) is 5.75 Å². The van der Waals surface area contributed by atoms with Crippen LogP contribution in [-0.4, -0.2) is 10.1 Å². The minimum Gasteiger partial charge on any atom is -0.508 e. The topological polar surface area (TPSA) is 33.1 Å². The molecule has 0 bridgehead atoms. The van der Waals surface area contributed by atoms with Gasteiger partial charge in [0.15, 0.2) is 0 Å². The summed E-state index contributed by atoms with van der Waals surface area (Å²) in [5.41, 5.74) is 1.50. The Kier molecular flexibility index (Phi) is 2.37. The van der Waals surface area contributed by atoms with Gasteiger partial charge in [-0.15, -0.1) is 0 Å². The van der Waals surface area contributed by atoms with E-state index in [-0.39, 0.29) is 5.75 Å². The highest BCUT2D eigenvalue weighted by atomic mass is 35.5. The van der Waals surface area contributed by atoms with Gasteiger partial charge >= 0.3 is 0 Å². The molecule has 0 fully saturated rings. The molecule has 0 aliphatic rings. The minimum absolute atomic E-state index is 0.190. The molecule has 0 unspecified atom stereocenters. The first-order valence-corrected chi connectivity index (χ1v) is 4.55. The molecule has 1 aromatic heterocycles. The quantitative estimate of drug-likeness (QED) is 0.776. The van der Waals surface area contributed by atoms with E-state index in [4.69, 9.17) is 11.6 Å². The van der Waals surface area contributed by atoms with Gasteiger partial charge in [0, 0.05) is 11.8 Å². The summed E-state index contributed by atoms with van der Waals surface area (Å²) in [5, 5.41) is 9.90. The predicted molar refractivity (Wildman–Crippen MR) is 56.3 cm³/mol. The van der Waals surface area contributed by atoms with Gasteiger partial charge in [-0.2, -0.15) is 0 Å². The molecule has 70 valence electrons. The third-order valence-electron chi connectivity index (χ3n) is 1.89. The molecule has 0 amide bonds. The molecular weight excluding hydrogens is 198 g/mol. The Hall–Kier alpha value is -1.54. The zero-order valence-corrected chi connectivity index (χ0v) is 8.07. The van der Waals surface area contributed by atoms with E-state index >= 15 is 0 Å². The Morgan fingerprint density at radius 1 is 1.14 bits per heavy atom. The number of pyridine rings is 1. The average Bonchev–Trinajstić information content (AvgIpc) is 2.23. The van der Waals surface area contributed by atoms with E-state index in [1.54, 1.807) is 24.4 Å². The molecule has 2 nitrogen and oxygen atoms in total. The van der Waals surface area contributed by atoms with Crippen molar-refractivity contribution in [2.75, 3.05) is 0 Å². The van der Waals surface area contributed by atoms with E-state index in [1.807, 2.05) is 18.2 Å². The van der Waals surface area contributed by atoms with E-state index in [9.17, 15) is 5.11 Å². The molecule has 1 aromatic carbocycles. The lowest BCUT2D eigenvalue weighted by atomic mass is 10.1. The standard InChI is InChI=1S/C11H8ClNO/c12-10-5-4-8(14)7-9(10)11-3-1-2-6-13-11/h1-7,14H. The van der Waals surface area contributed by atoms with Crippen molar-refractivity contribution in [1.29, 1.82) is 0 Å². The van der Waals surface area contributed by atoms with Crippen LogP contribution in [0.3, 0.4) is 0 Å². The number of rotatable bonds is 1. The summed E-state index contributed by atoms with van der Waals surface area (Å²) in [4.78, 5) is 4.16. The highest BCUT2D eigenvalue weighted by Gasteiger charge is 2.04. The lowest BCUT2D eigenvalue weighted by Gasteiger charge is -2.03. The number of phenols is 1. The van der Waals surface area contributed by atoms with E-state index in [1.165, 1.54) is 0 Å². The summed E-state index contributed by atoms with van der Waals surface area (Å²) < 4.78 is 0. The lowest BCUT2D eigenvalue weighted by molar-refractivity contribution is 0.475. The van der Waals surface area contributed by atoms with Gasteiger partial charge < -0.3 is 5.11 Å². The maximum Gasteiger partial charge on any atom is 0.116 e. The van der Waals surface area contributed by atoms with Gasteiger partial charge in [0.05, 0.1) is 10.7 Å². The van der Waals surface area contributed by atoms with Crippen molar-refractivity contribution in [3.8, 4) is 17.0 Å². The number of phenolic OH excluding ortho intramolecular Hbond substituents is 1. The Labute approximate surface area is 86.8 Å². The van der Waals surface area contributed by atoms with Crippen molar-refractivity contribution in [1.82, 2.24) is 4.98 Å². The third kappa shape index (κ3) is 1.70. The highest BCUT2D eigenvalue weighted by Crippen LogP contribution is 2.29. The van der Waals surface area contributed by atoms with Gasteiger partial charge in [-0.25, -0.2) is 0 Å². The fourth-order valence-corrected chi connectivity index (χ4v) is 1.45. The van der Waals surface area contributed by atoms with Crippen molar-refractivity contribution in [3.05, 3.63) is 47.6 Å². The Morgan fingerprint density at radius 3 is 2.71 bits per heavy atom. The second-order valence-corrected chi connectivity index (χ2v) is 3.29. The van der Waals surface area contributed by atoms with Crippen molar-refractivity contribution >= 4 is 11.6 Å². The lowest BCUT2D eigenvalue weighted by Crippen LogP contribution is -1.82. The van der Waals surface area contributed by atoms with E-state index in [0.29, 0.717) is 5.02 Å². The summed E-state index contributed by atoms with van der Waals surface area (Å²) >= 11 is 5.98. The maximum absolute atomic E-state index is 9.31. The van der Waals surface area contributed by atoms with Gasteiger partial charge in [-0.3, -0.25) is 4.98 Å². The van der Waals surface area contributed by atoms with E-state index in [2.05, 4.69) is 4.98 Å². The van der Waals surface area contributed by atoms with Crippen LogP contribution in [0.25, 0.3) is 11.3 Å². The largest absolute Gasteiger partial charge is 0.508 e. The summed E-state index contributed by atoms with van der Waals surface area (Å²) in [6, 6.07) is 10.4. The Bertz CT molecular complexity index is 442. The van der Waals surface area contributed by atoms with Gasteiger partial charge in [0.1, 0.15) is 5.75 Å². The zero-order valence-electron chi connectivity index (χ0n) is 7.31. The molecular formula is C11H8ClNO. The first-order valence-electron chi connectivity index (χ1n) is 4.17. The minimum atomic E-state index is 0.190. The molecule has 0 spiro atoms. The molecule has 2 rings (SSSR count). The van der Waals surface area contributed by atoms with Crippen LogP contribution >= 0.6 is 11.6 Å². The third-order valence-corrected chi connectivity index (χ3v) is 2.22. The first kappa shape index (κ1) is 9.03. The van der Waals surface area contributed by atoms with Crippen LogP contribution in [0.4, 0.5) is 0 Å². The molecule has 0 saturated carbocycles. The number of halogens is 1. The maximum atomic E-state index is 9.31. The van der Waals surface area contributed by atoms with Gasteiger partial charge in [0.2, 0.25) is 0 Å². The van der Waals surface area contributed by atoms with Crippen LogP contribution in [0.1, 0.15) is 0 Å². The second kappa shape index (κ2) is 3.68. The molecule has 0 aliphatic carbocycles. The van der Waals surface area contributed by atoms with Crippen LogP contribution in [0.15, 0.2) is 42.6 Å². The average molecular weight is 206 g/mol. The predicted octanol–water partition coefficient (Wildman–Crippen LogP) is 3.11. The van der Waals surface area contributed by atoms with E-state index in [0.717, 1.165) is 11.3 Å². The van der Waals surface area contributed by atoms with Gasteiger partial charge in [-0.05, 0) is 30.3 Å². The van der Waals surface area contributed by atoms with Crippen LogP contribution in [-0.2, 0) is 0 Å². The van der Waals surface area contributed by atoms with Gasteiger partial charge in [-0.1, -0.05) is 17.7 Å². The van der Waals surface area contributed by atoms with Crippen molar-refractivity contribution in [2.45, 2.75) is 0 Å². The molecule has 3 heteroatoms. The summed E-state index contributed by atoms with van der Waals surface area (Å²) in [6.07, 6.45) is 1.69. The van der Waals surface area contributed by atoms with Crippen molar-refractivity contribution in [3.63, 3.8) is 0 Å². The van der Waals surface area contributed by atoms with Crippen LogP contribution in [0, 0.1) is 0 Å². The molecule has 1 N–H and O–H groups in total. The number of aromatic hydroxyl groups is 1. The van der Waals surface area contributed by atoms with Crippen molar-refractivity contribution in [2.24, 2.45) is 0 Å². The molecule has 0 radical (unpaired) electrons. The molecule has 1 heterocycles. The monoisotopic (exact) mass is 205 g/mol. The molecule has 0 saturated heterocycles. The highest BCUT2D eigenvalue weighted by molar-refractivity contribution is 6.33. The second-order valence-electron chi connectivity index (χ2n) is 2.88. The number of benzene rings is 1. The van der Waals surface area contributed by atoms with E-state index < -0.39 is 0 Å². The fourth-order valence-electron chi connectivity index (χ4n) is 1.23. The SMILES string of the molecule is Oc1ccc(Cl)c(-c2ccccn2)c1. The summed E-state index contributed by atoms with van der Waals surface area (Å²) in [5.74, 6) is 0.190. The fraction of sp³-hybridized carbons (Fsp3) is 0. The number of hydrogen-bond donors (Lipinski definition) is 1. The first-order chi connectivity index (χ1) is 6.77. The Morgan fingerprint density at radius 2 is 2.00 bits per heavy atom. The molecule has 0 aliphatic heterocycles. The Balaban J connectivity index is 2.57.